The Hall–Kier alpha value is -1.69. The summed E-state index contributed by atoms with van der Waals surface area (Å²) in [5.41, 5.74) is 2.11. The van der Waals surface area contributed by atoms with Crippen molar-refractivity contribution in [1.82, 2.24) is 5.32 Å². The SMILES string of the molecule is O=C(N[C@H](CCO)c1cccs1)[C@H]1OCCc2ccccc21. The molecule has 0 fully saturated rings. The van der Waals surface area contributed by atoms with Crippen molar-refractivity contribution in [2.24, 2.45) is 0 Å². The Kier molecular flexibility index (Phi) is 4.87. The predicted octanol–water partition coefficient (Wildman–Crippen LogP) is 2.60. The Morgan fingerprint density at radius 1 is 1.36 bits per heavy atom. The first-order valence-electron chi connectivity index (χ1n) is 7.43. The highest BCUT2D eigenvalue weighted by Gasteiger charge is 2.29. The van der Waals surface area contributed by atoms with Crippen LogP contribution in [0.1, 0.15) is 34.6 Å². The number of hydrogen-bond acceptors (Lipinski definition) is 4. The lowest BCUT2D eigenvalue weighted by atomic mass is 9.97. The van der Waals surface area contributed by atoms with Crippen LogP contribution >= 0.6 is 11.3 Å². The van der Waals surface area contributed by atoms with Crippen molar-refractivity contribution in [3.8, 4) is 0 Å². The molecule has 0 bridgehead atoms. The van der Waals surface area contributed by atoms with Crippen LogP contribution in [-0.4, -0.2) is 24.2 Å². The normalized spacial score (nSPS) is 18.5. The minimum atomic E-state index is -0.564. The first-order valence-corrected chi connectivity index (χ1v) is 8.31. The lowest BCUT2D eigenvalue weighted by Gasteiger charge is -2.27. The Labute approximate surface area is 133 Å². The van der Waals surface area contributed by atoms with Crippen molar-refractivity contribution in [1.29, 1.82) is 0 Å². The average molecular weight is 317 g/mol. The van der Waals surface area contributed by atoms with Crippen LogP contribution in [0.2, 0.25) is 0 Å². The standard InChI is InChI=1S/C17H19NO3S/c19-9-7-14(15-6-3-11-22-15)18-17(20)16-13-5-2-1-4-12(13)8-10-21-16/h1-6,11,14,16,19H,7-10H2,(H,18,20)/t14-,16+/m1/s1. The molecule has 0 radical (unpaired) electrons. The van der Waals surface area contributed by atoms with Gasteiger partial charge in [0.1, 0.15) is 0 Å². The van der Waals surface area contributed by atoms with Crippen LogP contribution < -0.4 is 5.32 Å². The number of hydrogen-bond donors (Lipinski definition) is 2. The van der Waals surface area contributed by atoms with Gasteiger partial charge in [0.15, 0.2) is 6.10 Å². The van der Waals surface area contributed by atoms with E-state index in [1.807, 2.05) is 41.8 Å². The summed E-state index contributed by atoms with van der Waals surface area (Å²) in [6, 6.07) is 11.7. The smallest absolute Gasteiger partial charge is 0.254 e. The topological polar surface area (TPSA) is 58.6 Å². The first-order chi connectivity index (χ1) is 10.8. The fourth-order valence-electron chi connectivity index (χ4n) is 2.76. The molecule has 22 heavy (non-hydrogen) atoms. The van der Waals surface area contributed by atoms with Crippen molar-refractivity contribution in [3.05, 3.63) is 57.8 Å². The van der Waals surface area contributed by atoms with Gasteiger partial charge in [-0.15, -0.1) is 11.3 Å². The third-order valence-electron chi connectivity index (χ3n) is 3.85. The van der Waals surface area contributed by atoms with Gasteiger partial charge in [-0.25, -0.2) is 0 Å². The van der Waals surface area contributed by atoms with E-state index in [1.54, 1.807) is 11.3 Å². The van der Waals surface area contributed by atoms with E-state index in [9.17, 15) is 9.90 Å². The molecule has 1 aromatic carbocycles. The molecule has 0 aliphatic carbocycles. The Balaban J connectivity index is 1.77. The van der Waals surface area contributed by atoms with E-state index in [2.05, 4.69) is 5.32 Å². The van der Waals surface area contributed by atoms with E-state index in [0.717, 1.165) is 16.9 Å². The second-order valence-electron chi connectivity index (χ2n) is 5.29. The lowest BCUT2D eigenvalue weighted by Crippen LogP contribution is -2.36. The largest absolute Gasteiger partial charge is 0.396 e. The van der Waals surface area contributed by atoms with Gasteiger partial charge in [-0.05, 0) is 35.4 Å². The minimum absolute atomic E-state index is 0.0327. The van der Waals surface area contributed by atoms with Crippen molar-refractivity contribution < 1.29 is 14.6 Å². The summed E-state index contributed by atoms with van der Waals surface area (Å²) in [4.78, 5) is 13.7. The highest BCUT2D eigenvalue weighted by atomic mass is 32.1. The van der Waals surface area contributed by atoms with Gasteiger partial charge in [0.25, 0.3) is 5.91 Å². The number of aliphatic hydroxyl groups excluding tert-OH is 1. The number of fused-ring (bicyclic) bond motifs is 1. The maximum absolute atomic E-state index is 12.6. The fraction of sp³-hybridized carbons (Fsp3) is 0.353. The first kappa shape index (κ1) is 15.2. The van der Waals surface area contributed by atoms with Crippen LogP contribution in [0.5, 0.6) is 0 Å². The van der Waals surface area contributed by atoms with E-state index in [1.165, 1.54) is 5.56 Å². The number of ether oxygens (including phenoxy) is 1. The van der Waals surface area contributed by atoms with Gasteiger partial charge in [0.2, 0.25) is 0 Å². The molecule has 2 atom stereocenters. The summed E-state index contributed by atoms with van der Waals surface area (Å²) in [7, 11) is 0. The molecule has 1 aliphatic heterocycles. The van der Waals surface area contributed by atoms with Gasteiger partial charge in [0.05, 0.1) is 12.6 Å². The summed E-state index contributed by atoms with van der Waals surface area (Å²) >= 11 is 1.58. The molecule has 0 saturated carbocycles. The van der Waals surface area contributed by atoms with E-state index in [4.69, 9.17) is 4.74 Å². The van der Waals surface area contributed by atoms with Crippen LogP contribution in [0.4, 0.5) is 0 Å². The zero-order valence-electron chi connectivity index (χ0n) is 12.2. The molecule has 0 unspecified atom stereocenters. The van der Waals surface area contributed by atoms with Crippen LogP contribution in [0, 0.1) is 0 Å². The van der Waals surface area contributed by atoms with Crippen LogP contribution in [0.3, 0.4) is 0 Å². The lowest BCUT2D eigenvalue weighted by molar-refractivity contribution is -0.135. The molecule has 0 saturated heterocycles. The Bertz CT molecular complexity index is 627. The zero-order chi connectivity index (χ0) is 15.4. The number of carbonyl (C=O) groups is 1. The molecule has 5 heteroatoms. The number of carbonyl (C=O) groups excluding carboxylic acids is 1. The number of benzene rings is 1. The molecule has 1 aliphatic rings. The minimum Gasteiger partial charge on any atom is -0.396 e. The molecule has 4 nitrogen and oxygen atoms in total. The third kappa shape index (κ3) is 3.21. The number of amides is 1. The fourth-order valence-corrected chi connectivity index (χ4v) is 3.58. The third-order valence-corrected chi connectivity index (χ3v) is 4.84. The molecular weight excluding hydrogens is 298 g/mol. The molecule has 1 aromatic heterocycles. The highest BCUT2D eigenvalue weighted by molar-refractivity contribution is 7.10. The van der Waals surface area contributed by atoms with E-state index in [-0.39, 0.29) is 18.6 Å². The molecule has 1 amide bonds. The second kappa shape index (κ2) is 7.05. The molecule has 2 aromatic rings. The van der Waals surface area contributed by atoms with Crippen molar-refractivity contribution in [2.45, 2.75) is 25.0 Å². The van der Waals surface area contributed by atoms with E-state index >= 15 is 0 Å². The Morgan fingerprint density at radius 3 is 3.00 bits per heavy atom. The van der Waals surface area contributed by atoms with Gasteiger partial charge in [-0.1, -0.05) is 30.3 Å². The maximum Gasteiger partial charge on any atom is 0.254 e. The predicted molar refractivity (Wildman–Crippen MR) is 85.7 cm³/mol. The summed E-state index contributed by atoms with van der Waals surface area (Å²) in [6.45, 7) is 0.587. The molecule has 0 spiro atoms. The highest BCUT2D eigenvalue weighted by Crippen LogP contribution is 2.29. The van der Waals surface area contributed by atoms with Gasteiger partial charge in [-0.3, -0.25) is 4.79 Å². The average Bonchev–Trinajstić information content (AvgIpc) is 3.08. The maximum atomic E-state index is 12.6. The van der Waals surface area contributed by atoms with Gasteiger partial charge in [0, 0.05) is 11.5 Å². The summed E-state index contributed by atoms with van der Waals surface area (Å²) in [5, 5.41) is 14.2. The van der Waals surface area contributed by atoms with E-state index < -0.39 is 6.10 Å². The van der Waals surface area contributed by atoms with Gasteiger partial charge < -0.3 is 15.2 Å². The Morgan fingerprint density at radius 2 is 2.23 bits per heavy atom. The van der Waals surface area contributed by atoms with Gasteiger partial charge in [-0.2, -0.15) is 0 Å². The van der Waals surface area contributed by atoms with Crippen molar-refractivity contribution in [2.75, 3.05) is 13.2 Å². The molecule has 3 rings (SSSR count). The van der Waals surface area contributed by atoms with Gasteiger partial charge >= 0.3 is 0 Å². The van der Waals surface area contributed by atoms with Crippen LogP contribution in [-0.2, 0) is 16.0 Å². The van der Waals surface area contributed by atoms with Crippen LogP contribution in [0.25, 0.3) is 0 Å². The number of rotatable bonds is 5. The summed E-state index contributed by atoms with van der Waals surface area (Å²) in [6.07, 6.45) is 0.775. The molecule has 2 N–H and O–H groups in total. The monoisotopic (exact) mass is 317 g/mol. The quantitative estimate of drug-likeness (QED) is 0.891. The summed E-state index contributed by atoms with van der Waals surface area (Å²) < 4.78 is 5.69. The molecular formula is C17H19NO3S. The number of thiophene rings is 1. The second-order valence-corrected chi connectivity index (χ2v) is 6.27. The molecule has 116 valence electrons. The summed E-state index contributed by atoms with van der Waals surface area (Å²) in [5.74, 6) is -0.140. The van der Waals surface area contributed by atoms with Crippen LogP contribution in [0.15, 0.2) is 41.8 Å². The zero-order valence-corrected chi connectivity index (χ0v) is 13.0. The number of nitrogens with one attached hydrogen (secondary N) is 1. The van der Waals surface area contributed by atoms with Crippen molar-refractivity contribution >= 4 is 17.2 Å². The molecule has 2 heterocycles. The van der Waals surface area contributed by atoms with E-state index in [0.29, 0.717) is 13.0 Å². The van der Waals surface area contributed by atoms with Crippen molar-refractivity contribution in [3.63, 3.8) is 0 Å². The number of aliphatic hydroxyl groups is 1.